The number of hydrogen-bond donors (Lipinski definition) is 1. The van der Waals surface area contributed by atoms with E-state index in [0.717, 1.165) is 12.8 Å². The third kappa shape index (κ3) is 1.02. The molecule has 1 saturated carbocycles. The highest BCUT2D eigenvalue weighted by Crippen LogP contribution is 2.41. The van der Waals surface area contributed by atoms with E-state index in [-0.39, 0.29) is 0 Å². The SMILES string of the molecule is CC(C)(C(=O)O)C1CCC1. The van der Waals surface area contributed by atoms with Crippen molar-refractivity contribution in [3.63, 3.8) is 0 Å². The Bertz CT molecular complexity index is 145. The van der Waals surface area contributed by atoms with Crippen LogP contribution in [-0.2, 0) is 4.79 Å². The normalized spacial score (nSPS) is 20.2. The second-order valence-corrected chi connectivity index (χ2v) is 3.65. The second-order valence-electron chi connectivity index (χ2n) is 3.65. The first kappa shape index (κ1) is 7.58. The van der Waals surface area contributed by atoms with Crippen molar-refractivity contribution in [3.8, 4) is 0 Å². The van der Waals surface area contributed by atoms with E-state index in [9.17, 15) is 4.79 Å². The smallest absolute Gasteiger partial charge is 0.309 e. The second kappa shape index (κ2) is 2.26. The van der Waals surface area contributed by atoms with Gasteiger partial charge < -0.3 is 5.11 Å². The average molecular weight is 142 g/mol. The molecule has 0 aliphatic heterocycles. The predicted molar refractivity (Wildman–Crippen MR) is 38.8 cm³/mol. The summed E-state index contributed by atoms with van der Waals surface area (Å²) in [6.45, 7) is 3.64. The average Bonchev–Trinajstić information content (AvgIpc) is 1.57. The van der Waals surface area contributed by atoms with Gasteiger partial charge in [0, 0.05) is 0 Å². The summed E-state index contributed by atoms with van der Waals surface area (Å²) in [5.74, 6) is -0.234. The summed E-state index contributed by atoms with van der Waals surface area (Å²) in [6.07, 6.45) is 3.40. The number of hydrogen-bond acceptors (Lipinski definition) is 1. The Kier molecular flexibility index (Phi) is 1.71. The molecule has 0 heterocycles. The molecule has 0 unspecified atom stereocenters. The number of rotatable bonds is 2. The summed E-state index contributed by atoms with van der Waals surface area (Å²) in [5.41, 5.74) is -0.488. The number of carbonyl (C=O) groups is 1. The van der Waals surface area contributed by atoms with Gasteiger partial charge in [0.15, 0.2) is 0 Å². The minimum atomic E-state index is -0.655. The molecule has 2 nitrogen and oxygen atoms in total. The van der Waals surface area contributed by atoms with Gasteiger partial charge >= 0.3 is 5.97 Å². The fourth-order valence-corrected chi connectivity index (χ4v) is 1.30. The predicted octanol–water partition coefficient (Wildman–Crippen LogP) is 1.90. The molecule has 2 heteroatoms. The maximum absolute atomic E-state index is 10.7. The van der Waals surface area contributed by atoms with Gasteiger partial charge in [0.25, 0.3) is 0 Å². The van der Waals surface area contributed by atoms with Crippen LogP contribution in [0, 0.1) is 11.3 Å². The molecular weight excluding hydrogens is 128 g/mol. The minimum Gasteiger partial charge on any atom is -0.481 e. The molecule has 1 aliphatic rings. The highest BCUT2D eigenvalue weighted by molar-refractivity contribution is 5.74. The van der Waals surface area contributed by atoms with Crippen molar-refractivity contribution in [2.45, 2.75) is 33.1 Å². The lowest BCUT2D eigenvalue weighted by Gasteiger charge is -2.36. The summed E-state index contributed by atoms with van der Waals surface area (Å²) >= 11 is 0. The first-order chi connectivity index (χ1) is 4.55. The van der Waals surface area contributed by atoms with Crippen LogP contribution in [0.3, 0.4) is 0 Å². The minimum absolute atomic E-state index is 0.421. The maximum Gasteiger partial charge on any atom is 0.309 e. The van der Waals surface area contributed by atoms with E-state index < -0.39 is 11.4 Å². The molecule has 10 heavy (non-hydrogen) atoms. The van der Waals surface area contributed by atoms with Gasteiger partial charge in [0.05, 0.1) is 5.41 Å². The molecule has 0 amide bonds. The lowest BCUT2D eigenvalue weighted by atomic mass is 9.67. The standard InChI is InChI=1S/C8H14O2/c1-8(2,7(9)10)6-4-3-5-6/h6H,3-5H2,1-2H3,(H,9,10). The Balaban J connectivity index is 2.57. The van der Waals surface area contributed by atoms with Gasteiger partial charge in [0.1, 0.15) is 0 Å². The van der Waals surface area contributed by atoms with Crippen molar-refractivity contribution < 1.29 is 9.90 Å². The molecule has 0 aromatic carbocycles. The van der Waals surface area contributed by atoms with E-state index in [0.29, 0.717) is 5.92 Å². The zero-order valence-electron chi connectivity index (χ0n) is 6.55. The molecule has 0 bridgehead atoms. The zero-order valence-corrected chi connectivity index (χ0v) is 6.55. The molecule has 0 radical (unpaired) electrons. The van der Waals surface area contributed by atoms with Crippen molar-refractivity contribution in [1.29, 1.82) is 0 Å². The molecule has 1 fully saturated rings. The first-order valence-corrected chi connectivity index (χ1v) is 3.78. The van der Waals surface area contributed by atoms with E-state index in [4.69, 9.17) is 5.11 Å². The molecule has 0 saturated heterocycles. The highest BCUT2D eigenvalue weighted by Gasteiger charge is 2.39. The van der Waals surface area contributed by atoms with Crippen LogP contribution in [0.2, 0.25) is 0 Å². The van der Waals surface area contributed by atoms with Gasteiger partial charge in [-0.1, -0.05) is 6.42 Å². The maximum atomic E-state index is 10.7. The highest BCUT2D eigenvalue weighted by atomic mass is 16.4. The lowest BCUT2D eigenvalue weighted by Crippen LogP contribution is -2.36. The van der Waals surface area contributed by atoms with Crippen LogP contribution < -0.4 is 0 Å². The molecule has 0 aromatic rings. The molecule has 1 N–H and O–H groups in total. The van der Waals surface area contributed by atoms with Crippen LogP contribution in [-0.4, -0.2) is 11.1 Å². The van der Waals surface area contributed by atoms with E-state index in [1.54, 1.807) is 0 Å². The fraction of sp³-hybridized carbons (Fsp3) is 0.875. The zero-order chi connectivity index (χ0) is 7.78. The van der Waals surface area contributed by atoms with Crippen LogP contribution in [0.15, 0.2) is 0 Å². The van der Waals surface area contributed by atoms with Crippen LogP contribution >= 0.6 is 0 Å². The van der Waals surface area contributed by atoms with E-state index >= 15 is 0 Å². The summed E-state index contributed by atoms with van der Waals surface area (Å²) in [7, 11) is 0. The summed E-state index contributed by atoms with van der Waals surface area (Å²) < 4.78 is 0. The number of aliphatic carboxylic acids is 1. The summed E-state index contributed by atoms with van der Waals surface area (Å²) in [6, 6.07) is 0. The third-order valence-corrected chi connectivity index (χ3v) is 2.68. The van der Waals surface area contributed by atoms with E-state index in [2.05, 4.69) is 0 Å². The van der Waals surface area contributed by atoms with E-state index in [1.807, 2.05) is 13.8 Å². The van der Waals surface area contributed by atoms with Crippen molar-refractivity contribution >= 4 is 5.97 Å². The van der Waals surface area contributed by atoms with Gasteiger partial charge in [-0.05, 0) is 32.6 Å². The lowest BCUT2D eigenvalue weighted by molar-refractivity contribution is -0.152. The van der Waals surface area contributed by atoms with Gasteiger partial charge in [-0.3, -0.25) is 4.79 Å². The number of carboxylic acid groups (broad SMARTS) is 1. The molecular formula is C8H14O2. The molecule has 0 aromatic heterocycles. The quantitative estimate of drug-likeness (QED) is 0.639. The molecule has 1 rings (SSSR count). The first-order valence-electron chi connectivity index (χ1n) is 3.78. The molecule has 0 atom stereocenters. The Hall–Kier alpha value is -0.530. The Labute approximate surface area is 61.2 Å². The van der Waals surface area contributed by atoms with Crippen molar-refractivity contribution in [2.75, 3.05) is 0 Å². The fourth-order valence-electron chi connectivity index (χ4n) is 1.30. The van der Waals surface area contributed by atoms with Crippen molar-refractivity contribution in [3.05, 3.63) is 0 Å². The van der Waals surface area contributed by atoms with Crippen molar-refractivity contribution in [1.82, 2.24) is 0 Å². The van der Waals surface area contributed by atoms with Crippen LogP contribution in [0.5, 0.6) is 0 Å². The summed E-state index contributed by atoms with van der Waals surface area (Å²) in [4.78, 5) is 10.7. The third-order valence-electron chi connectivity index (χ3n) is 2.68. The van der Waals surface area contributed by atoms with Crippen molar-refractivity contribution in [2.24, 2.45) is 11.3 Å². The van der Waals surface area contributed by atoms with Crippen LogP contribution in [0.4, 0.5) is 0 Å². The van der Waals surface area contributed by atoms with Gasteiger partial charge in [-0.2, -0.15) is 0 Å². The van der Waals surface area contributed by atoms with Gasteiger partial charge in [0.2, 0.25) is 0 Å². The van der Waals surface area contributed by atoms with Crippen LogP contribution in [0.25, 0.3) is 0 Å². The Morgan fingerprint density at radius 1 is 1.50 bits per heavy atom. The largest absolute Gasteiger partial charge is 0.481 e. The van der Waals surface area contributed by atoms with E-state index in [1.165, 1.54) is 6.42 Å². The molecule has 1 aliphatic carbocycles. The summed E-state index contributed by atoms with van der Waals surface area (Å²) in [5, 5.41) is 8.78. The Morgan fingerprint density at radius 2 is 2.00 bits per heavy atom. The van der Waals surface area contributed by atoms with Gasteiger partial charge in [-0.15, -0.1) is 0 Å². The topological polar surface area (TPSA) is 37.3 Å². The van der Waals surface area contributed by atoms with Gasteiger partial charge in [-0.25, -0.2) is 0 Å². The molecule has 58 valence electrons. The molecule has 0 spiro atoms. The monoisotopic (exact) mass is 142 g/mol. The number of carboxylic acids is 1. The Morgan fingerprint density at radius 3 is 2.10 bits per heavy atom. The van der Waals surface area contributed by atoms with Crippen LogP contribution in [0.1, 0.15) is 33.1 Å².